The summed E-state index contributed by atoms with van der Waals surface area (Å²) in [6.45, 7) is 2.18. The molecule has 1 saturated carbocycles. The fraction of sp³-hybridized carbons (Fsp3) is 0.294. The minimum Gasteiger partial charge on any atom is -0.483 e. The summed E-state index contributed by atoms with van der Waals surface area (Å²) in [5.74, 6) is 0.253. The van der Waals surface area contributed by atoms with E-state index in [4.69, 9.17) is 4.74 Å². The van der Waals surface area contributed by atoms with Crippen molar-refractivity contribution in [2.75, 3.05) is 6.61 Å². The van der Waals surface area contributed by atoms with Crippen LogP contribution < -0.4 is 10.1 Å². The van der Waals surface area contributed by atoms with Crippen molar-refractivity contribution in [1.29, 1.82) is 0 Å². The van der Waals surface area contributed by atoms with E-state index in [0.29, 0.717) is 18.7 Å². The number of hydrogen-bond donors (Lipinski definition) is 1. The standard InChI is InChI=1S/C34H35BrN2O3/c1-24-15-17-26(18-16-24)22-37(32(38)23-40-31-20-19-27-11-5-8-14-29(27)33(31)35)30(21-25-9-3-2-4-10-25)34(39)36-28-12-6-7-13-28/h2-5,8-11,14-20,28,30H,6-7,12-13,21-23H2,1H3,(H,36,39). The van der Waals surface area contributed by atoms with Crippen molar-refractivity contribution < 1.29 is 14.3 Å². The summed E-state index contributed by atoms with van der Waals surface area (Å²) in [6, 6.07) is 29.4. The molecule has 0 aromatic heterocycles. The summed E-state index contributed by atoms with van der Waals surface area (Å²) in [5.41, 5.74) is 3.12. The molecule has 206 valence electrons. The van der Waals surface area contributed by atoms with Crippen LogP contribution >= 0.6 is 15.9 Å². The highest BCUT2D eigenvalue weighted by atomic mass is 79.9. The molecule has 6 heteroatoms. The van der Waals surface area contributed by atoms with Crippen molar-refractivity contribution in [1.82, 2.24) is 10.2 Å². The average Bonchev–Trinajstić information content (AvgIpc) is 3.49. The lowest BCUT2D eigenvalue weighted by Gasteiger charge is -2.32. The second-order valence-electron chi connectivity index (χ2n) is 10.6. The number of amides is 2. The van der Waals surface area contributed by atoms with Gasteiger partial charge in [0.15, 0.2) is 6.61 Å². The molecule has 5 rings (SSSR count). The van der Waals surface area contributed by atoms with Gasteiger partial charge in [-0.1, -0.05) is 103 Å². The predicted octanol–water partition coefficient (Wildman–Crippen LogP) is 6.99. The van der Waals surface area contributed by atoms with Crippen LogP contribution in [0.15, 0.2) is 95.5 Å². The average molecular weight is 600 g/mol. The SMILES string of the molecule is Cc1ccc(CN(C(=O)COc2ccc3ccccc3c2Br)C(Cc2ccccc2)C(=O)NC2CCCC2)cc1. The van der Waals surface area contributed by atoms with Gasteiger partial charge in [0.05, 0.1) is 4.47 Å². The first-order valence-corrected chi connectivity index (χ1v) is 14.8. The maximum Gasteiger partial charge on any atom is 0.261 e. The Bertz CT molecular complexity index is 1450. The summed E-state index contributed by atoms with van der Waals surface area (Å²) in [6.07, 6.45) is 4.63. The Morgan fingerprint density at radius 2 is 1.60 bits per heavy atom. The Morgan fingerprint density at radius 3 is 2.35 bits per heavy atom. The molecule has 1 N–H and O–H groups in total. The van der Waals surface area contributed by atoms with E-state index in [1.54, 1.807) is 4.90 Å². The van der Waals surface area contributed by atoms with E-state index >= 15 is 0 Å². The number of nitrogens with zero attached hydrogens (tertiary/aromatic N) is 1. The summed E-state index contributed by atoms with van der Waals surface area (Å²) >= 11 is 3.66. The van der Waals surface area contributed by atoms with Crippen LogP contribution in [-0.4, -0.2) is 35.4 Å². The Kier molecular flexibility index (Phi) is 9.17. The van der Waals surface area contributed by atoms with Crippen molar-refractivity contribution >= 4 is 38.5 Å². The van der Waals surface area contributed by atoms with Gasteiger partial charge in [0.1, 0.15) is 11.8 Å². The summed E-state index contributed by atoms with van der Waals surface area (Å²) in [5, 5.41) is 5.35. The quantitative estimate of drug-likeness (QED) is 0.214. The molecule has 0 bridgehead atoms. The topological polar surface area (TPSA) is 58.6 Å². The molecule has 1 aliphatic carbocycles. The highest BCUT2D eigenvalue weighted by Crippen LogP contribution is 2.33. The van der Waals surface area contributed by atoms with E-state index in [0.717, 1.165) is 57.6 Å². The second kappa shape index (κ2) is 13.1. The number of nitrogens with one attached hydrogen (secondary N) is 1. The zero-order valence-electron chi connectivity index (χ0n) is 22.8. The molecule has 0 heterocycles. The lowest BCUT2D eigenvalue weighted by atomic mass is 10.0. The third-order valence-electron chi connectivity index (χ3n) is 7.63. The third kappa shape index (κ3) is 6.92. The molecule has 4 aromatic rings. The molecule has 0 radical (unpaired) electrons. The van der Waals surface area contributed by atoms with Crippen LogP contribution in [0, 0.1) is 6.92 Å². The van der Waals surface area contributed by atoms with Crippen LogP contribution in [-0.2, 0) is 22.6 Å². The number of benzene rings is 4. The van der Waals surface area contributed by atoms with E-state index in [-0.39, 0.29) is 24.5 Å². The zero-order chi connectivity index (χ0) is 27.9. The van der Waals surface area contributed by atoms with Crippen molar-refractivity contribution in [3.05, 3.63) is 112 Å². The van der Waals surface area contributed by atoms with Crippen molar-refractivity contribution in [2.24, 2.45) is 0 Å². The first-order chi connectivity index (χ1) is 19.5. The van der Waals surface area contributed by atoms with E-state index < -0.39 is 6.04 Å². The molecule has 2 amide bonds. The third-order valence-corrected chi connectivity index (χ3v) is 8.44. The molecular weight excluding hydrogens is 564 g/mol. The molecule has 0 saturated heterocycles. The lowest BCUT2D eigenvalue weighted by Crippen LogP contribution is -2.53. The van der Waals surface area contributed by atoms with Crippen molar-refractivity contribution in [2.45, 2.75) is 57.7 Å². The number of ether oxygens (including phenoxy) is 1. The zero-order valence-corrected chi connectivity index (χ0v) is 24.4. The molecule has 1 aliphatic rings. The number of hydrogen-bond acceptors (Lipinski definition) is 3. The minimum absolute atomic E-state index is 0.108. The lowest BCUT2D eigenvalue weighted by molar-refractivity contribution is -0.143. The molecule has 1 atom stereocenters. The molecule has 1 fully saturated rings. The maximum atomic E-state index is 13.9. The Morgan fingerprint density at radius 1 is 0.900 bits per heavy atom. The van der Waals surface area contributed by atoms with Crippen molar-refractivity contribution in [3.63, 3.8) is 0 Å². The largest absolute Gasteiger partial charge is 0.483 e. The predicted molar refractivity (Wildman–Crippen MR) is 163 cm³/mol. The fourth-order valence-electron chi connectivity index (χ4n) is 5.36. The molecule has 0 aliphatic heterocycles. The number of halogens is 1. The van der Waals surface area contributed by atoms with Gasteiger partial charge in [-0.05, 0) is 63.7 Å². The second-order valence-corrected chi connectivity index (χ2v) is 11.4. The van der Waals surface area contributed by atoms with Gasteiger partial charge in [0.2, 0.25) is 5.91 Å². The van der Waals surface area contributed by atoms with E-state index in [2.05, 4.69) is 21.2 Å². The van der Waals surface area contributed by atoms with Crippen LogP contribution in [0.3, 0.4) is 0 Å². The van der Waals surface area contributed by atoms with Crippen molar-refractivity contribution in [3.8, 4) is 5.75 Å². The Balaban J connectivity index is 1.43. The van der Waals surface area contributed by atoms with E-state index in [9.17, 15) is 9.59 Å². The molecule has 40 heavy (non-hydrogen) atoms. The highest BCUT2D eigenvalue weighted by Gasteiger charge is 2.32. The number of aryl methyl sites for hydroxylation is 1. The Hall–Kier alpha value is -3.64. The van der Waals surface area contributed by atoms with Gasteiger partial charge in [-0.25, -0.2) is 0 Å². The van der Waals surface area contributed by atoms with Gasteiger partial charge in [0.25, 0.3) is 5.91 Å². The smallest absolute Gasteiger partial charge is 0.261 e. The molecule has 4 aromatic carbocycles. The molecule has 5 nitrogen and oxygen atoms in total. The number of rotatable bonds is 10. The Labute approximate surface area is 244 Å². The normalized spacial score (nSPS) is 14.2. The van der Waals surface area contributed by atoms with Crippen LogP contribution in [0.25, 0.3) is 10.8 Å². The molecule has 1 unspecified atom stereocenters. The first-order valence-electron chi connectivity index (χ1n) is 14.0. The number of fused-ring (bicyclic) bond motifs is 1. The minimum atomic E-state index is -0.666. The van der Waals surface area contributed by atoms with Crippen LogP contribution in [0.1, 0.15) is 42.4 Å². The van der Waals surface area contributed by atoms with Gasteiger partial charge >= 0.3 is 0 Å². The van der Waals surface area contributed by atoms with Gasteiger partial charge in [0, 0.05) is 19.0 Å². The monoisotopic (exact) mass is 598 g/mol. The van der Waals surface area contributed by atoms with Crippen LogP contribution in [0.5, 0.6) is 5.75 Å². The summed E-state index contributed by atoms with van der Waals surface area (Å²) in [4.78, 5) is 29.4. The van der Waals surface area contributed by atoms with E-state index in [1.165, 1.54) is 0 Å². The highest BCUT2D eigenvalue weighted by molar-refractivity contribution is 9.10. The maximum absolute atomic E-state index is 13.9. The number of carbonyl (C=O) groups excluding carboxylic acids is 2. The van der Waals surface area contributed by atoms with Gasteiger partial charge in [-0.3, -0.25) is 9.59 Å². The molecule has 0 spiro atoms. The van der Waals surface area contributed by atoms with Gasteiger partial charge < -0.3 is 15.0 Å². The fourth-order valence-corrected chi connectivity index (χ4v) is 5.97. The molecular formula is C34H35BrN2O3. The van der Waals surface area contributed by atoms with E-state index in [1.807, 2.05) is 97.9 Å². The summed E-state index contributed by atoms with van der Waals surface area (Å²) < 4.78 is 6.90. The number of carbonyl (C=O) groups is 2. The first kappa shape index (κ1) is 27.9. The van der Waals surface area contributed by atoms with Crippen LogP contribution in [0.4, 0.5) is 0 Å². The van der Waals surface area contributed by atoms with Gasteiger partial charge in [-0.2, -0.15) is 0 Å². The van der Waals surface area contributed by atoms with Crippen LogP contribution in [0.2, 0.25) is 0 Å². The summed E-state index contributed by atoms with van der Waals surface area (Å²) in [7, 11) is 0. The van der Waals surface area contributed by atoms with Gasteiger partial charge in [-0.15, -0.1) is 0 Å².